The lowest BCUT2D eigenvalue weighted by Gasteiger charge is -2.34. The van der Waals surface area contributed by atoms with Gasteiger partial charge in [-0.2, -0.15) is 0 Å². The molecule has 0 radical (unpaired) electrons. The molecule has 0 N–H and O–H groups in total. The number of carbonyl (C=O) groups excluding carboxylic acids is 2. The molecule has 6 heteroatoms. The average molecular weight is 383 g/mol. The number of furan rings is 1. The van der Waals surface area contributed by atoms with E-state index in [0.717, 1.165) is 11.3 Å². The number of amides is 2. The van der Waals surface area contributed by atoms with Crippen LogP contribution in [0.1, 0.15) is 70.4 Å². The van der Waals surface area contributed by atoms with Crippen molar-refractivity contribution in [3.05, 3.63) is 47.2 Å². The van der Waals surface area contributed by atoms with E-state index in [4.69, 9.17) is 4.42 Å². The third-order valence-electron chi connectivity index (χ3n) is 6.24. The molecule has 28 heavy (non-hydrogen) atoms. The molecule has 150 valence electrons. The van der Waals surface area contributed by atoms with Gasteiger partial charge in [-0.25, -0.2) is 0 Å². The van der Waals surface area contributed by atoms with Crippen LogP contribution in [-0.4, -0.2) is 52.4 Å². The van der Waals surface area contributed by atoms with Crippen LogP contribution in [0, 0.1) is 13.8 Å². The van der Waals surface area contributed by atoms with Crippen LogP contribution in [0.2, 0.25) is 0 Å². The van der Waals surface area contributed by atoms with E-state index >= 15 is 0 Å². The van der Waals surface area contributed by atoms with Crippen LogP contribution in [0.5, 0.6) is 0 Å². The Morgan fingerprint density at radius 3 is 2.21 bits per heavy atom. The van der Waals surface area contributed by atoms with Crippen LogP contribution in [0.25, 0.3) is 0 Å². The van der Waals surface area contributed by atoms with E-state index in [-0.39, 0.29) is 11.8 Å². The van der Waals surface area contributed by atoms with Crippen molar-refractivity contribution in [2.24, 2.45) is 0 Å². The molecule has 0 unspecified atom stereocenters. The largest absolute Gasteiger partial charge is 0.459 e. The van der Waals surface area contributed by atoms with E-state index in [2.05, 4.69) is 18.4 Å². The summed E-state index contributed by atoms with van der Waals surface area (Å²) in [5, 5.41) is 0. The molecule has 4 rings (SSSR count). The van der Waals surface area contributed by atoms with Crippen molar-refractivity contribution < 1.29 is 14.0 Å². The van der Waals surface area contributed by atoms with Crippen molar-refractivity contribution in [1.82, 2.24) is 14.4 Å². The van der Waals surface area contributed by atoms with Crippen LogP contribution < -0.4 is 0 Å². The predicted molar refractivity (Wildman–Crippen MR) is 107 cm³/mol. The zero-order valence-corrected chi connectivity index (χ0v) is 16.8. The molecule has 3 heterocycles. The van der Waals surface area contributed by atoms with Gasteiger partial charge in [0.05, 0.1) is 11.8 Å². The van der Waals surface area contributed by atoms with Crippen LogP contribution in [0.3, 0.4) is 0 Å². The quantitative estimate of drug-likeness (QED) is 0.810. The lowest BCUT2D eigenvalue weighted by molar-refractivity contribution is 0.0517. The van der Waals surface area contributed by atoms with Crippen LogP contribution in [-0.2, 0) is 0 Å². The first-order valence-electron chi connectivity index (χ1n) is 10.4. The predicted octanol–water partition coefficient (Wildman–Crippen LogP) is 3.80. The van der Waals surface area contributed by atoms with Gasteiger partial charge in [0, 0.05) is 43.6 Å². The van der Waals surface area contributed by atoms with E-state index in [1.165, 1.54) is 44.1 Å². The first kappa shape index (κ1) is 18.8. The van der Waals surface area contributed by atoms with Gasteiger partial charge in [0.1, 0.15) is 0 Å². The standard InChI is InChI=1S/C22H29N3O3/c1-16-15-19(17(2)25(16)18-7-4-3-5-8-18)21(26)23-10-12-24(13-11-23)22(27)20-9-6-14-28-20/h6,9,14-15,18H,3-5,7-8,10-13H2,1-2H3. The fourth-order valence-electron chi connectivity index (χ4n) is 4.73. The number of hydrogen-bond donors (Lipinski definition) is 0. The number of hydrogen-bond acceptors (Lipinski definition) is 3. The summed E-state index contributed by atoms with van der Waals surface area (Å²) < 4.78 is 7.58. The Morgan fingerprint density at radius 1 is 0.964 bits per heavy atom. The molecule has 2 aliphatic rings. The minimum absolute atomic E-state index is 0.0836. The summed E-state index contributed by atoms with van der Waals surface area (Å²) in [4.78, 5) is 29.2. The minimum Gasteiger partial charge on any atom is -0.459 e. The Kier molecular flexibility index (Phi) is 5.29. The third kappa shape index (κ3) is 3.48. The number of aromatic nitrogens is 1. The van der Waals surface area contributed by atoms with E-state index in [0.29, 0.717) is 38.0 Å². The van der Waals surface area contributed by atoms with Gasteiger partial charge in [-0.1, -0.05) is 19.3 Å². The average Bonchev–Trinajstić information content (AvgIpc) is 3.36. The molecule has 1 aliphatic carbocycles. The summed E-state index contributed by atoms with van der Waals surface area (Å²) in [7, 11) is 0. The molecule has 0 atom stereocenters. The molecular formula is C22H29N3O3. The van der Waals surface area contributed by atoms with E-state index in [1.54, 1.807) is 17.0 Å². The highest BCUT2D eigenvalue weighted by molar-refractivity contribution is 5.96. The first-order valence-corrected chi connectivity index (χ1v) is 10.4. The summed E-state index contributed by atoms with van der Waals surface area (Å²) in [6, 6.07) is 5.97. The van der Waals surface area contributed by atoms with Crippen molar-refractivity contribution in [2.75, 3.05) is 26.2 Å². The number of carbonyl (C=O) groups is 2. The van der Waals surface area contributed by atoms with Gasteiger partial charge < -0.3 is 18.8 Å². The monoisotopic (exact) mass is 383 g/mol. The Labute approximate surface area is 166 Å². The van der Waals surface area contributed by atoms with Crippen molar-refractivity contribution in [2.45, 2.75) is 52.0 Å². The molecule has 0 aromatic carbocycles. The van der Waals surface area contributed by atoms with E-state index in [9.17, 15) is 9.59 Å². The second-order valence-corrected chi connectivity index (χ2v) is 8.01. The molecule has 1 saturated heterocycles. The number of piperazine rings is 1. The number of rotatable bonds is 3. The van der Waals surface area contributed by atoms with Gasteiger partial charge in [-0.3, -0.25) is 9.59 Å². The van der Waals surface area contributed by atoms with E-state index in [1.807, 2.05) is 11.0 Å². The Hall–Kier alpha value is -2.50. The van der Waals surface area contributed by atoms with Gasteiger partial charge in [0.15, 0.2) is 5.76 Å². The Balaban J connectivity index is 1.43. The van der Waals surface area contributed by atoms with Crippen molar-refractivity contribution in [3.8, 4) is 0 Å². The fourth-order valence-corrected chi connectivity index (χ4v) is 4.73. The normalized spacial score (nSPS) is 18.5. The molecule has 2 aromatic rings. The second-order valence-electron chi connectivity index (χ2n) is 8.01. The van der Waals surface area contributed by atoms with Gasteiger partial charge in [-0.15, -0.1) is 0 Å². The van der Waals surface area contributed by atoms with E-state index < -0.39 is 0 Å². The lowest BCUT2D eigenvalue weighted by atomic mass is 9.95. The summed E-state index contributed by atoms with van der Waals surface area (Å²) in [5.41, 5.74) is 3.08. The molecule has 2 amide bonds. The molecule has 2 fully saturated rings. The molecule has 2 aromatic heterocycles. The molecule has 6 nitrogen and oxygen atoms in total. The Morgan fingerprint density at radius 2 is 1.61 bits per heavy atom. The molecule has 0 spiro atoms. The minimum atomic E-state index is -0.104. The topological polar surface area (TPSA) is 58.7 Å². The zero-order chi connectivity index (χ0) is 19.7. The first-order chi connectivity index (χ1) is 13.6. The van der Waals surface area contributed by atoms with Crippen molar-refractivity contribution >= 4 is 11.8 Å². The lowest BCUT2D eigenvalue weighted by Crippen LogP contribution is -2.50. The van der Waals surface area contributed by atoms with Crippen molar-refractivity contribution in [1.29, 1.82) is 0 Å². The van der Waals surface area contributed by atoms with Crippen LogP contribution >= 0.6 is 0 Å². The molecule has 1 saturated carbocycles. The second kappa shape index (κ2) is 7.86. The van der Waals surface area contributed by atoms with Gasteiger partial charge in [-0.05, 0) is 44.9 Å². The van der Waals surface area contributed by atoms with Gasteiger partial charge in [0.25, 0.3) is 11.8 Å². The number of aryl methyl sites for hydroxylation is 1. The smallest absolute Gasteiger partial charge is 0.289 e. The molecule has 0 bridgehead atoms. The molecular weight excluding hydrogens is 354 g/mol. The Bertz CT molecular complexity index is 839. The number of nitrogens with zero attached hydrogens (tertiary/aromatic N) is 3. The summed E-state index contributed by atoms with van der Waals surface area (Å²) in [6.07, 6.45) is 7.79. The zero-order valence-electron chi connectivity index (χ0n) is 16.8. The summed E-state index contributed by atoms with van der Waals surface area (Å²) in [6.45, 7) is 6.36. The van der Waals surface area contributed by atoms with Crippen LogP contribution in [0.15, 0.2) is 28.9 Å². The van der Waals surface area contributed by atoms with Crippen molar-refractivity contribution in [3.63, 3.8) is 0 Å². The summed E-state index contributed by atoms with van der Waals surface area (Å²) >= 11 is 0. The van der Waals surface area contributed by atoms with Gasteiger partial charge >= 0.3 is 0 Å². The highest BCUT2D eigenvalue weighted by Crippen LogP contribution is 2.32. The maximum absolute atomic E-state index is 13.2. The maximum atomic E-state index is 13.2. The third-order valence-corrected chi connectivity index (χ3v) is 6.24. The van der Waals surface area contributed by atoms with Gasteiger partial charge in [0.2, 0.25) is 0 Å². The summed E-state index contributed by atoms with van der Waals surface area (Å²) in [5.74, 6) is 0.337. The highest BCUT2D eigenvalue weighted by Gasteiger charge is 2.29. The SMILES string of the molecule is Cc1cc(C(=O)N2CCN(C(=O)c3ccco3)CC2)c(C)n1C1CCCCC1. The highest BCUT2D eigenvalue weighted by atomic mass is 16.3. The molecule has 1 aliphatic heterocycles. The van der Waals surface area contributed by atoms with Crippen LogP contribution in [0.4, 0.5) is 0 Å². The fraction of sp³-hybridized carbons (Fsp3) is 0.545. The maximum Gasteiger partial charge on any atom is 0.289 e.